The van der Waals surface area contributed by atoms with E-state index in [4.69, 9.17) is 4.74 Å². The number of hydrogen-bond donors (Lipinski definition) is 1. The molecule has 2 heterocycles. The highest BCUT2D eigenvalue weighted by Gasteiger charge is 2.20. The van der Waals surface area contributed by atoms with Gasteiger partial charge in [-0.2, -0.15) is 4.68 Å². The number of aromatic nitrogens is 6. The summed E-state index contributed by atoms with van der Waals surface area (Å²) in [4.78, 5) is 12.8. The minimum Gasteiger partial charge on any atom is -0.494 e. The van der Waals surface area contributed by atoms with Crippen LogP contribution in [0.4, 0.5) is 5.69 Å². The first kappa shape index (κ1) is 23.6. The third kappa shape index (κ3) is 5.23. The molecule has 182 valence electrons. The van der Waals surface area contributed by atoms with E-state index in [9.17, 15) is 4.79 Å². The number of amides is 1. The van der Waals surface area contributed by atoms with Gasteiger partial charge in [0, 0.05) is 11.8 Å². The summed E-state index contributed by atoms with van der Waals surface area (Å²) in [5, 5.41) is 20.8. The standard InChI is InChI=1S/C26H25N7O2S/c1-2-3-16-35-21-13-9-10-19(17-21)27-24(34)18-36-26-30-29-25(32(26)20-11-5-4-6-12-20)33-23-15-8-7-14-22(23)28-31-33/h4-15,17H,2-3,16,18H2,1H3,(H,27,34). The van der Waals surface area contributed by atoms with Crippen LogP contribution in [-0.2, 0) is 4.79 Å². The second-order valence-electron chi connectivity index (χ2n) is 8.01. The van der Waals surface area contributed by atoms with Crippen LogP contribution in [0, 0.1) is 0 Å². The molecule has 1 N–H and O–H groups in total. The summed E-state index contributed by atoms with van der Waals surface area (Å²) >= 11 is 1.30. The minimum atomic E-state index is -0.152. The fourth-order valence-electron chi connectivity index (χ4n) is 3.64. The van der Waals surface area contributed by atoms with E-state index in [0.29, 0.717) is 23.4 Å². The van der Waals surface area contributed by atoms with Crippen LogP contribution in [0.1, 0.15) is 19.8 Å². The maximum absolute atomic E-state index is 12.8. The molecule has 5 rings (SSSR count). The number of benzene rings is 3. The van der Waals surface area contributed by atoms with Crippen molar-refractivity contribution in [2.75, 3.05) is 17.7 Å². The van der Waals surface area contributed by atoms with Gasteiger partial charge in [0.1, 0.15) is 11.3 Å². The Morgan fingerprint density at radius 1 is 0.972 bits per heavy atom. The zero-order chi connectivity index (χ0) is 24.7. The lowest BCUT2D eigenvalue weighted by molar-refractivity contribution is -0.113. The number of ether oxygens (including phenoxy) is 1. The average Bonchev–Trinajstić information content (AvgIpc) is 3.52. The minimum absolute atomic E-state index is 0.152. The van der Waals surface area contributed by atoms with Crippen molar-refractivity contribution >= 4 is 34.4 Å². The van der Waals surface area contributed by atoms with E-state index >= 15 is 0 Å². The van der Waals surface area contributed by atoms with Crippen molar-refractivity contribution in [1.29, 1.82) is 0 Å². The zero-order valence-electron chi connectivity index (χ0n) is 19.7. The number of rotatable bonds is 10. The third-order valence-electron chi connectivity index (χ3n) is 5.39. The van der Waals surface area contributed by atoms with E-state index in [0.717, 1.165) is 35.3 Å². The molecular weight excluding hydrogens is 474 g/mol. The topological polar surface area (TPSA) is 99.8 Å². The van der Waals surface area contributed by atoms with Crippen LogP contribution in [0.5, 0.6) is 5.75 Å². The van der Waals surface area contributed by atoms with Crippen molar-refractivity contribution in [2.24, 2.45) is 0 Å². The quantitative estimate of drug-likeness (QED) is 0.215. The normalized spacial score (nSPS) is 11.0. The molecule has 9 nitrogen and oxygen atoms in total. The lowest BCUT2D eigenvalue weighted by Crippen LogP contribution is -2.15. The van der Waals surface area contributed by atoms with Gasteiger partial charge in [0.25, 0.3) is 5.95 Å². The number of thioether (sulfide) groups is 1. The first-order chi connectivity index (χ1) is 17.7. The van der Waals surface area contributed by atoms with Crippen molar-refractivity contribution in [1.82, 2.24) is 29.8 Å². The van der Waals surface area contributed by atoms with Crippen LogP contribution < -0.4 is 10.1 Å². The smallest absolute Gasteiger partial charge is 0.259 e. The number of carbonyl (C=O) groups excluding carboxylic acids is 1. The molecule has 10 heteroatoms. The van der Waals surface area contributed by atoms with Gasteiger partial charge in [-0.1, -0.05) is 66.7 Å². The van der Waals surface area contributed by atoms with Crippen LogP contribution in [0.2, 0.25) is 0 Å². The van der Waals surface area contributed by atoms with E-state index in [1.54, 1.807) is 4.68 Å². The van der Waals surface area contributed by atoms with Crippen molar-refractivity contribution < 1.29 is 9.53 Å². The van der Waals surface area contributed by atoms with Gasteiger partial charge < -0.3 is 10.1 Å². The van der Waals surface area contributed by atoms with E-state index in [-0.39, 0.29) is 11.7 Å². The largest absolute Gasteiger partial charge is 0.494 e. The Labute approximate surface area is 212 Å². The summed E-state index contributed by atoms with van der Waals surface area (Å²) in [6.07, 6.45) is 2.05. The summed E-state index contributed by atoms with van der Waals surface area (Å²) < 4.78 is 9.27. The molecule has 3 aromatic carbocycles. The number of anilines is 1. The second-order valence-corrected chi connectivity index (χ2v) is 8.95. The van der Waals surface area contributed by atoms with Crippen LogP contribution in [0.25, 0.3) is 22.7 Å². The van der Waals surface area contributed by atoms with Crippen molar-refractivity contribution in [3.63, 3.8) is 0 Å². The lowest BCUT2D eigenvalue weighted by atomic mass is 10.3. The Morgan fingerprint density at radius 3 is 2.67 bits per heavy atom. The fraction of sp³-hybridized carbons (Fsp3) is 0.192. The molecule has 0 aliphatic rings. The van der Waals surface area contributed by atoms with Crippen molar-refractivity contribution in [3.05, 3.63) is 78.9 Å². The molecule has 0 unspecified atom stereocenters. The highest BCUT2D eigenvalue weighted by Crippen LogP contribution is 2.26. The molecule has 0 bridgehead atoms. The number of carbonyl (C=O) groups is 1. The Hall–Kier alpha value is -4.18. The third-order valence-corrected chi connectivity index (χ3v) is 6.32. The monoisotopic (exact) mass is 499 g/mol. The van der Waals surface area contributed by atoms with Crippen LogP contribution in [-0.4, -0.2) is 48.0 Å². The molecule has 0 fully saturated rings. The van der Waals surface area contributed by atoms with Crippen LogP contribution >= 0.6 is 11.8 Å². The first-order valence-corrected chi connectivity index (χ1v) is 12.7. The molecule has 1 amide bonds. The number of fused-ring (bicyclic) bond motifs is 1. The fourth-order valence-corrected chi connectivity index (χ4v) is 4.38. The van der Waals surface area contributed by atoms with Gasteiger partial charge in [0.15, 0.2) is 5.16 Å². The van der Waals surface area contributed by atoms with Crippen molar-refractivity contribution in [2.45, 2.75) is 24.9 Å². The molecule has 36 heavy (non-hydrogen) atoms. The van der Waals surface area contributed by atoms with Crippen LogP contribution in [0.3, 0.4) is 0 Å². The first-order valence-electron chi connectivity index (χ1n) is 11.7. The number of hydrogen-bond acceptors (Lipinski definition) is 7. The Morgan fingerprint density at radius 2 is 1.81 bits per heavy atom. The van der Waals surface area contributed by atoms with Gasteiger partial charge in [-0.3, -0.25) is 9.36 Å². The number of nitrogens with zero attached hydrogens (tertiary/aromatic N) is 6. The van der Waals surface area contributed by atoms with Gasteiger partial charge in [0.2, 0.25) is 5.91 Å². The van der Waals surface area contributed by atoms with E-state index in [1.807, 2.05) is 83.4 Å². The highest BCUT2D eigenvalue weighted by atomic mass is 32.2. The van der Waals surface area contributed by atoms with Gasteiger partial charge in [-0.05, 0) is 42.8 Å². The Kier molecular flexibility index (Phi) is 7.23. The molecule has 0 atom stereocenters. The summed E-state index contributed by atoms with van der Waals surface area (Å²) in [5.41, 5.74) is 3.12. The van der Waals surface area contributed by atoms with E-state index in [1.165, 1.54) is 11.8 Å². The van der Waals surface area contributed by atoms with Gasteiger partial charge in [-0.25, -0.2) is 0 Å². The average molecular weight is 500 g/mol. The predicted molar refractivity (Wildman–Crippen MR) is 140 cm³/mol. The van der Waals surface area contributed by atoms with Crippen LogP contribution in [0.15, 0.2) is 84.0 Å². The highest BCUT2D eigenvalue weighted by molar-refractivity contribution is 7.99. The van der Waals surface area contributed by atoms with Crippen molar-refractivity contribution in [3.8, 4) is 17.4 Å². The van der Waals surface area contributed by atoms with E-state index < -0.39 is 0 Å². The summed E-state index contributed by atoms with van der Waals surface area (Å²) in [6.45, 7) is 2.77. The lowest BCUT2D eigenvalue weighted by Gasteiger charge is -2.11. The summed E-state index contributed by atoms with van der Waals surface area (Å²) in [6, 6.07) is 24.8. The molecule has 2 aromatic heterocycles. The second kappa shape index (κ2) is 11.0. The molecule has 0 saturated heterocycles. The molecule has 5 aromatic rings. The van der Waals surface area contributed by atoms with Gasteiger partial charge in [-0.15, -0.1) is 15.3 Å². The zero-order valence-corrected chi connectivity index (χ0v) is 20.6. The predicted octanol–water partition coefficient (Wildman–Crippen LogP) is 4.91. The molecule has 0 aliphatic heterocycles. The summed E-state index contributed by atoms with van der Waals surface area (Å²) in [5.74, 6) is 1.24. The molecule has 0 saturated carbocycles. The van der Waals surface area contributed by atoms with E-state index in [2.05, 4.69) is 32.7 Å². The SMILES string of the molecule is CCCCOc1cccc(NC(=O)CSc2nnc(-n3nnc4ccccc43)n2-c2ccccc2)c1. The molecule has 0 spiro atoms. The molecule has 0 radical (unpaired) electrons. The number of nitrogens with one attached hydrogen (secondary N) is 1. The maximum atomic E-state index is 12.8. The Bertz CT molecular complexity index is 1470. The number of para-hydroxylation sites is 2. The van der Waals surface area contributed by atoms with Gasteiger partial charge >= 0.3 is 0 Å². The summed E-state index contributed by atoms with van der Waals surface area (Å²) in [7, 11) is 0. The molecular formula is C26H25N7O2S. The maximum Gasteiger partial charge on any atom is 0.259 e. The van der Waals surface area contributed by atoms with Gasteiger partial charge in [0.05, 0.1) is 23.6 Å². The molecule has 0 aliphatic carbocycles. The Balaban J connectivity index is 1.35. The number of unbranched alkanes of at least 4 members (excludes halogenated alkanes) is 1.